The molecule has 0 amide bonds. The molecule has 0 spiro atoms. The number of aldehydes is 1. The lowest BCUT2D eigenvalue weighted by Gasteiger charge is -1.93. The van der Waals surface area contributed by atoms with Gasteiger partial charge in [0.25, 0.3) is 0 Å². The first kappa shape index (κ1) is 8.59. The van der Waals surface area contributed by atoms with Gasteiger partial charge in [-0.3, -0.25) is 9.78 Å². The van der Waals surface area contributed by atoms with Crippen molar-refractivity contribution in [1.82, 2.24) is 4.98 Å². The number of aryl methyl sites for hydroxylation is 1. The molecule has 1 rings (SSSR count). The summed E-state index contributed by atoms with van der Waals surface area (Å²) in [7, 11) is 0. The van der Waals surface area contributed by atoms with Crippen molar-refractivity contribution in [3.05, 3.63) is 35.4 Å². The monoisotopic (exact) mass is 165 g/mol. The average Bonchev–Trinajstić information content (AvgIpc) is 2.04. The van der Waals surface area contributed by atoms with Crippen LogP contribution in [-0.2, 0) is 4.79 Å². The minimum Gasteiger partial charge on any atom is -0.295 e. The Kier molecular flexibility index (Phi) is 2.69. The minimum atomic E-state index is -0.812. The standard InChI is InChI=1S/C9H8FNO/c1-7-3-2-4-9(11-7)5-8(10)6-12/h2-6H,1H3. The van der Waals surface area contributed by atoms with E-state index >= 15 is 0 Å². The van der Waals surface area contributed by atoms with Crippen LogP contribution in [-0.4, -0.2) is 11.3 Å². The van der Waals surface area contributed by atoms with Gasteiger partial charge in [0.05, 0.1) is 5.69 Å². The largest absolute Gasteiger partial charge is 0.295 e. The van der Waals surface area contributed by atoms with Gasteiger partial charge in [-0.25, -0.2) is 4.39 Å². The van der Waals surface area contributed by atoms with Crippen molar-refractivity contribution in [3.8, 4) is 0 Å². The number of carbonyl (C=O) groups is 1. The van der Waals surface area contributed by atoms with E-state index in [4.69, 9.17) is 0 Å². The van der Waals surface area contributed by atoms with Crippen LogP contribution in [0.3, 0.4) is 0 Å². The second-order valence-corrected chi connectivity index (χ2v) is 2.35. The van der Waals surface area contributed by atoms with E-state index in [0.717, 1.165) is 11.8 Å². The maximum absolute atomic E-state index is 12.4. The van der Waals surface area contributed by atoms with Gasteiger partial charge in [0, 0.05) is 11.8 Å². The van der Waals surface area contributed by atoms with Crippen molar-refractivity contribution in [1.29, 1.82) is 0 Å². The van der Waals surface area contributed by atoms with Crippen LogP contribution in [0.25, 0.3) is 6.08 Å². The van der Waals surface area contributed by atoms with Crippen molar-refractivity contribution >= 4 is 12.4 Å². The van der Waals surface area contributed by atoms with Crippen LogP contribution in [0.5, 0.6) is 0 Å². The molecule has 0 bridgehead atoms. The Morgan fingerprint density at radius 1 is 1.58 bits per heavy atom. The van der Waals surface area contributed by atoms with Gasteiger partial charge in [-0.15, -0.1) is 0 Å². The molecule has 0 aliphatic carbocycles. The number of hydrogen-bond donors (Lipinski definition) is 0. The van der Waals surface area contributed by atoms with Gasteiger partial charge in [-0.1, -0.05) is 6.07 Å². The fourth-order valence-electron chi connectivity index (χ4n) is 0.820. The molecule has 1 aromatic heterocycles. The number of halogens is 1. The van der Waals surface area contributed by atoms with E-state index in [9.17, 15) is 9.18 Å². The molecule has 0 saturated carbocycles. The molecule has 0 aliphatic rings. The zero-order valence-electron chi connectivity index (χ0n) is 6.62. The highest BCUT2D eigenvalue weighted by Gasteiger charge is 1.93. The molecule has 1 aromatic rings. The molecule has 0 atom stereocenters. The van der Waals surface area contributed by atoms with Gasteiger partial charge in [0.2, 0.25) is 0 Å². The lowest BCUT2D eigenvalue weighted by Crippen LogP contribution is -1.84. The second-order valence-electron chi connectivity index (χ2n) is 2.35. The van der Waals surface area contributed by atoms with Gasteiger partial charge >= 0.3 is 0 Å². The lowest BCUT2D eigenvalue weighted by atomic mass is 10.3. The first-order valence-electron chi connectivity index (χ1n) is 3.48. The van der Waals surface area contributed by atoms with Crippen LogP contribution in [0.4, 0.5) is 4.39 Å². The van der Waals surface area contributed by atoms with Crippen molar-refractivity contribution < 1.29 is 9.18 Å². The zero-order valence-corrected chi connectivity index (χ0v) is 6.62. The Morgan fingerprint density at radius 3 is 2.92 bits per heavy atom. The lowest BCUT2D eigenvalue weighted by molar-refractivity contribution is -0.106. The van der Waals surface area contributed by atoms with E-state index in [2.05, 4.69) is 4.98 Å². The molecule has 3 heteroatoms. The maximum atomic E-state index is 12.4. The molecule has 62 valence electrons. The molecule has 0 aliphatic heterocycles. The van der Waals surface area contributed by atoms with Crippen LogP contribution < -0.4 is 0 Å². The zero-order chi connectivity index (χ0) is 8.97. The molecule has 1 heterocycles. The summed E-state index contributed by atoms with van der Waals surface area (Å²) in [6, 6.07) is 5.19. The fourth-order valence-corrected chi connectivity index (χ4v) is 0.820. The minimum absolute atomic E-state index is 0.157. The molecule has 0 aromatic carbocycles. The molecule has 2 nitrogen and oxygen atoms in total. The molecule has 12 heavy (non-hydrogen) atoms. The molecule has 0 radical (unpaired) electrons. The normalized spacial score (nSPS) is 11.3. The highest BCUT2D eigenvalue weighted by Crippen LogP contribution is 2.04. The average molecular weight is 165 g/mol. The Labute approximate surface area is 69.7 Å². The molecule has 0 N–H and O–H groups in total. The first-order valence-corrected chi connectivity index (χ1v) is 3.48. The predicted octanol–water partition coefficient (Wildman–Crippen LogP) is 1.90. The molecular weight excluding hydrogens is 157 g/mol. The third-order valence-corrected chi connectivity index (χ3v) is 1.31. The van der Waals surface area contributed by atoms with Gasteiger partial charge in [-0.2, -0.15) is 0 Å². The molecule has 0 saturated heterocycles. The number of aromatic nitrogens is 1. The third kappa shape index (κ3) is 2.27. The van der Waals surface area contributed by atoms with E-state index < -0.39 is 5.83 Å². The summed E-state index contributed by atoms with van der Waals surface area (Å²) in [5, 5.41) is 0. The fraction of sp³-hybridized carbons (Fsp3) is 0.111. The molecular formula is C9H8FNO. The van der Waals surface area contributed by atoms with Crippen molar-refractivity contribution in [2.24, 2.45) is 0 Å². The summed E-state index contributed by atoms with van der Waals surface area (Å²) in [6.07, 6.45) is 1.25. The highest BCUT2D eigenvalue weighted by atomic mass is 19.1. The van der Waals surface area contributed by atoms with E-state index in [1.807, 2.05) is 0 Å². The van der Waals surface area contributed by atoms with Crippen molar-refractivity contribution in [2.45, 2.75) is 6.92 Å². The number of allylic oxidation sites excluding steroid dienone is 1. The number of nitrogens with zero attached hydrogens (tertiary/aromatic N) is 1. The Balaban J connectivity index is 2.97. The Hall–Kier alpha value is -1.51. The quantitative estimate of drug-likeness (QED) is 0.494. The third-order valence-electron chi connectivity index (χ3n) is 1.31. The van der Waals surface area contributed by atoms with Gasteiger partial charge in [0.1, 0.15) is 0 Å². The van der Waals surface area contributed by atoms with Gasteiger partial charge in [-0.05, 0) is 19.1 Å². The van der Waals surface area contributed by atoms with E-state index in [1.165, 1.54) is 0 Å². The van der Waals surface area contributed by atoms with Gasteiger partial charge < -0.3 is 0 Å². The second kappa shape index (κ2) is 3.76. The van der Waals surface area contributed by atoms with E-state index in [0.29, 0.717) is 5.69 Å². The summed E-state index contributed by atoms with van der Waals surface area (Å²) in [5.41, 5.74) is 1.25. The summed E-state index contributed by atoms with van der Waals surface area (Å²) in [6.45, 7) is 1.80. The summed E-state index contributed by atoms with van der Waals surface area (Å²) in [4.78, 5) is 13.9. The molecule has 0 unspecified atom stereocenters. The first-order chi connectivity index (χ1) is 5.72. The molecule has 0 fully saturated rings. The van der Waals surface area contributed by atoms with Crippen LogP contribution in [0.15, 0.2) is 24.0 Å². The van der Waals surface area contributed by atoms with Crippen LogP contribution in [0, 0.1) is 6.92 Å². The predicted molar refractivity (Wildman–Crippen MR) is 44.1 cm³/mol. The topological polar surface area (TPSA) is 30.0 Å². The van der Waals surface area contributed by atoms with Crippen LogP contribution in [0.2, 0.25) is 0 Å². The van der Waals surface area contributed by atoms with Gasteiger partial charge in [0.15, 0.2) is 12.1 Å². The maximum Gasteiger partial charge on any atom is 0.178 e. The Morgan fingerprint density at radius 2 is 2.33 bits per heavy atom. The summed E-state index contributed by atoms with van der Waals surface area (Å²) in [5.74, 6) is -0.812. The van der Waals surface area contributed by atoms with Crippen molar-refractivity contribution in [2.75, 3.05) is 0 Å². The smallest absolute Gasteiger partial charge is 0.178 e. The van der Waals surface area contributed by atoms with Crippen molar-refractivity contribution in [3.63, 3.8) is 0 Å². The van der Waals surface area contributed by atoms with E-state index in [-0.39, 0.29) is 6.29 Å². The van der Waals surface area contributed by atoms with E-state index in [1.54, 1.807) is 25.1 Å². The SMILES string of the molecule is Cc1cccc(C=C(F)C=O)n1. The number of rotatable bonds is 2. The Bertz CT molecular complexity index is 320. The summed E-state index contributed by atoms with van der Waals surface area (Å²) < 4.78 is 12.4. The number of pyridine rings is 1. The van der Waals surface area contributed by atoms with Crippen LogP contribution >= 0.6 is 0 Å². The number of hydrogen-bond acceptors (Lipinski definition) is 2. The number of carbonyl (C=O) groups excluding carboxylic acids is 1. The van der Waals surface area contributed by atoms with Crippen LogP contribution in [0.1, 0.15) is 11.4 Å². The highest BCUT2D eigenvalue weighted by molar-refractivity contribution is 5.77. The summed E-state index contributed by atoms with van der Waals surface area (Å²) >= 11 is 0.